The number of piperidine rings is 2. The Morgan fingerprint density at radius 1 is 1.37 bits per heavy atom. The second-order valence-electron chi connectivity index (χ2n) is 6.98. The van der Waals surface area contributed by atoms with E-state index in [0.29, 0.717) is 11.8 Å². The summed E-state index contributed by atoms with van der Waals surface area (Å²) in [6.45, 7) is 11.0. The minimum Gasteiger partial charge on any atom is -0.478 e. The molecule has 4 saturated heterocycles. The van der Waals surface area contributed by atoms with Crippen LogP contribution in [0.2, 0.25) is 0 Å². The lowest BCUT2D eigenvalue weighted by molar-refractivity contribution is -0.131. The van der Waals surface area contributed by atoms with Crippen molar-refractivity contribution >= 4 is 5.97 Å². The standard InChI is InChI=1S/C15H24N2O2/c1-11(2)6-15-9-16-3-4-17(10-15)8-12(7-16)13(15)5-14(18)19/h5,11-12H,3-4,6-10H2,1-2H3,(H,18,19)/b13-5+. The van der Waals surface area contributed by atoms with Gasteiger partial charge >= 0.3 is 5.97 Å². The largest absolute Gasteiger partial charge is 0.478 e. The van der Waals surface area contributed by atoms with Crippen LogP contribution in [0.3, 0.4) is 0 Å². The predicted octanol–water partition coefficient (Wildman–Crippen LogP) is 1.29. The lowest BCUT2D eigenvalue weighted by atomic mass is 9.64. The van der Waals surface area contributed by atoms with E-state index < -0.39 is 5.97 Å². The fourth-order valence-corrected chi connectivity index (χ4v) is 4.58. The van der Waals surface area contributed by atoms with Crippen LogP contribution in [-0.2, 0) is 4.79 Å². The van der Waals surface area contributed by atoms with Crippen LogP contribution in [-0.4, -0.2) is 60.1 Å². The Hall–Kier alpha value is -0.870. The van der Waals surface area contributed by atoms with Crippen molar-refractivity contribution in [3.05, 3.63) is 11.6 Å². The molecule has 2 unspecified atom stereocenters. The Kier molecular flexibility index (Phi) is 3.18. The van der Waals surface area contributed by atoms with Crippen molar-refractivity contribution in [1.29, 1.82) is 0 Å². The van der Waals surface area contributed by atoms with Crippen LogP contribution in [0, 0.1) is 17.3 Å². The number of carbonyl (C=O) groups is 1. The Morgan fingerprint density at radius 2 is 1.95 bits per heavy atom. The highest BCUT2D eigenvalue weighted by molar-refractivity contribution is 5.81. The van der Waals surface area contributed by atoms with Crippen molar-refractivity contribution in [2.24, 2.45) is 17.3 Å². The molecular formula is C15H24N2O2. The molecule has 2 atom stereocenters. The van der Waals surface area contributed by atoms with Gasteiger partial charge in [-0.2, -0.15) is 0 Å². The number of hydrogen-bond donors (Lipinski definition) is 1. The molecule has 4 heteroatoms. The average Bonchev–Trinajstić information content (AvgIpc) is 2.50. The molecule has 4 rings (SSSR count). The first kappa shape index (κ1) is 13.1. The Balaban J connectivity index is 2.01. The number of rotatable bonds is 3. The molecule has 0 radical (unpaired) electrons. The Bertz CT molecular complexity index is 400. The highest BCUT2D eigenvalue weighted by Crippen LogP contribution is 2.48. The fraction of sp³-hybridized carbons (Fsp3) is 0.800. The third kappa shape index (κ3) is 2.32. The Morgan fingerprint density at radius 3 is 2.42 bits per heavy atom. The molecule has 0 aromatic rings. The monoisotopic (exact) mass is 264 g/mol. The van der Waals surface area contributed by atoms with E-state index in [1.54, 1.807) is 0 Å². The minimum atomic E-state index is -0.769. The highest BCUT2D eigenvalue weighted by atomic mass is 16.4. The van der Waals surface area contributed by atoms with Gasteiger partial charge in [0.1, 0.15) is 0 Å². The Labute approximate surface area is 115 Å². The van der Waals surface area contributed by atoms with Gasteiger partial charge in [0.25, 0.3) is 0 Å². The molecule has 4 bridgehead atoms. The van der Waals surface area contributed by atoms with Crippen LogP contribution in [0.1, 0.15) is 20.3 Å². The lowest BCUT2D eigenvalue weighted by Gasteiger charge is -2.52. The molecular weight excluding hydrogens is 240 g/mol. The first-order valence-electron chi connectivity index (χ1n) is 7.38. The van der Waals surface area contributed by atoms with Gasteiger partial charge in [-0.1, -0.05) is 13.8 Å². The van der Waals surface area contributed by atoms with Crippen LogP contribution in [0.15, 0.2) is 11.6 Å². The first-order valence-corrected chi connectivity index (χ1v) is 7.38. The zero-order chi connectivity index (χ0) is 13.6. The lowest BCUT2D eigenvalue weighted by Crippen LogP contribution is -2.57. The minimum absolute atomic E-state index is 0.0875. The topological polar surface area (TPSA) is 43.8 Å². The SMILES string of the molecule is CC(C)CC12CN3CCN(CC(C3)/C1=C\C(=O)O)C2. The van der Waals surface area contributed by atoms with Crippen molar-refractivity contribution in [2.45, 2.75) is 20.3 Å². The van der Waals surface area contributed by atoms with Gasteiger partial charge in [0.05, 0.1) is 0 Å². The summed E-state index contributed by atoms with van der Waals surface area (Å²) in [5.41, 5.74) is 1.31. The smallest absolute Gasteiger partial charge is 0.328 e. The number of hydrogen-bond acceptors (Lipinski definition) is 3. The van der Waals surface area contributed by atoms with Crippen LogP contribution in [0.4, 0.5) is 0 Å². The number of carboxylic acids is 1. The maximum atomic E-state index is 11.2. The normalized spacial score (nSPS) is 42.9. The van der Waals surface area contributed by atoms with E-state index in [9.17, 15) is 9.90 Å². The zero-order valence-electron chi connectivity index (χ0n) is 11.9. The molecule has 19 heavy (non-hydrogen) atoms. The molecule has 0 saturated carbocycles. The number of aliphatic carboxylic acids is 1. The van der Waals surface area contributed by atoms with Crippen LogP contribution in [0.5, 0.6) is 0 Å². The third-order valence-electron chi connectivity index (χ3n) is 4.87. The molecule has 4 fully saturated rings. The van der Waals surface area contributed by atoms with Gasteiger partial charge in [-0.05, 0) is 17.9 Å². The van der Waals surface area contributed by atoms with Crippen LogP contribution >= 0.6 is 0 Å². The molecule has 4 aliphatic rings. The maximum absolute atomic E-state index is 11.2. The number of nitrogens with zero attached hydrogens (tertiary/aromatic N) is 2. The molecule has 106 valence electrons. The van der Waals surface area contributed by atoms with Crippen molar-refractivity contribution in [3.8, 4) is 0 Å². The van der Waals surface area contributed by atoms with Gasteiger partial charge in [0.15, 0.2) is 0 Å². The van der Waals surface area contributed by atoms with Crippen LogP contribution in [0.25, 0.3) is 0 Å². The molecule has 0 amide bonds. The van der Waals surface area contributed by atoms with Crippen molar-refractivity contribution in [3.63, 3.8) is 0 Å². The van der Waals surface area contributed by atoms with E-state index in [0.717, 1.165) is 45.7 Å². The molecule has 0 aliphatic carbocycles. The molecule has 4 nitrogen and oxygen atoms in total. The van der Waals surface area contributed by atoms with E-state index in [1.165, 1.54) is 11.6 Å². The van der Waals surface area contributed by atoms with E-state index in [1.807, 2.05) is 0 Å². The molecule has 4 aliphatic heterocycles. The van der Waals surface area contributed by atoms with Gasteiger partial charge in [-0.3, -0.25) is 0 Å². The van der Waals surface area contributed by atoms with Crippen molar-refractivity contribution in [2.75, 3.05) is 39.3 Å². The molecule has 0 spiro atoms. The van der Waals surface area contributed by atoms with Gasteiger partial charge in [-0.15, -0.1) is 0 Å². The van der Waals surface area contributed by atoms with Gasteiger partial charge in [0.2, 0.25) is 0 Å². The first-order chi connectivity index (χ1) is 8.98. The van der Waals surface area contributed by atoms with Gasteiger partial charge in [-0.25, -0.2) is 4.79 Å². The number of carboxylic acid groups (broad SMARTS) is 1. The van der Waals surface area contributed by atoms with Gasteiger partial charge in [0, 0.05) is 56.7 Å². The zero-order valence-corrected chi connectivity index (χ0v) is 11.9. The molecule has 0 aromatic carbocycles. The second kappa shape index (κ2) is 4.60. The average molecular weight is 264 g/mol. The third-order valence-corrected chi connectivity index (χ3v) is 4.87. The fourth-order valence-electron chi connectivity index (χ4n) is 4.58. The second-order valence-corrected chi connectivity index (χ2v) is 6.98. The maximum Gasteiger partial charge on any atom is 0.328 e. The summed E-state index contributed by atoms with van der Waals surface area (Å²) in [5.74, 6) is 0.268. The summed E-state index contributed by atoms with van der Waals surface area (Å²) in [4.78, 5) is 16.3. The van der Waals surface area contributed by atoms with E-state index >= 15 is 0 Å². The van der Waals surface area contributed by atoms with Crippen molar-refractivity contribution in [1.82, 2.24) is 9.80 Å². The summed E-state index contributed by atoms with van der Waals surface area (Å²) in [5, 5.41) is 9.21. The molecule has 4 heterocycles. The highest BCUT2D eigenvalue weighted by Gasteiger charge is 2.50. The summed E-state index contributed by atoms with van der Waals surface area (Å²) in [7, 11) is 0. The molecule has 1 N–H and O–H groups in total. The summed E-state index contributed by atoms with van der Waals surface area (Å²) >= 11 is 0. The quantitative estimate of drug-likeness (QED) is 0.780. The van der Waals surface area contributed by atoms with E-state index in [-0.39, 0.29) is 5.41 Å². The van der Waals surface area contributed by atoms with E-state index in [2.05, 4.69) is 23.6 Å². The summed E-state index contributed by atoms with van der Waals surface area (Å²) < 4.78 is 0. The predicted molar refractivity (Wildman–Crippen MR) is 74.0 cm³/mol. The number of fused-ring (bicyclic) bond motifs is 1. The van der Waals surface area contributed by atoms with Crippen molar-refractivity contribution < 1.29 is 9.90 Å². The van der Waals surface area contributed by atoms with E-state index in [4.69, 9.17) is 0 Å². The van der Waals surface area contributed by atoms with Crippen LogP contribution < -0.4 is 0 Å². The summed E-state index contributed by atoms with van der Waals surface area (Å²) in [6, 6.07) is 0. The van der Waals surface area contributed by atoms with Gasteiger partial charge < -0.3 is 14.9 Å². The summed E-state index contributed by atoms with van der Waals surface area (Å²) in [6.07, 6.45) is 2.64. The molecule has 0 aromatic heterocycles.